The van der Waals surface area contributed by atoms with Crippen molar-refractivity contribution in [3.05, 3.63) is 118 Å². The number of fused-ring (bicyclic) bond motifs is 1. The van der Waals surface area contributed by atoms with Crippen molar-refractivity contribution < 1.29 is 27.9 Å². The zero-order valence-corrected chi connectivity index (χ0v) is 32.0. The van der Waals surface area contributed by atoms with Crippen LogP contribution in [-0.2, 0) is 27.3 Å². The van der Waals surface area contributed by atoms with Gasteiger partial charge in [0.2, 0.25) is 11.8 Å². The number of nitrogens with one attached hydrogen (secondary N) is 4. The molecule has 0 saturated carbocycles. The standard InChI is InChI=1S/C44H47F2N7O4/c1-52(26-28-3-2-4-30(20-28)36-8-10-41(54)48-43(36)55)34-11-15-53(16-12-34)35-6-7-37(40(25-35)47-33-13-17-57-18-14-33)44(56)49-42-38-23-27(5-9-39(38)50-51-42)19-29-21-31(45)24-32(46)22-29/h2-7,9,20-25,33-34,36,47H,8,10-19,26H2,1H3,(H,48,54,55)(H2,49,50,51,56). The summed E-state index contributed by atoms with van der Waals surface area (Å²) in [5, 5.41) is 17.2. The van der Waals surface area contributed by atoms with Crippen molar-refractivity contribution in [3.8, 4) is 0 Å². The highest BCUT2D eigenvalue weighted by molar-refractivity contribution is 6.11. The van der Waals surface area contributed by atoms with Gasteiger partial charge in [-0.3, -0.25) is 29.7 Å². The van der Waals surface area contributed by atoms with Crippen LogP contribution in [0, 0.1) is 11.6 Å². The lowest BCUT2D eigenvalue weighted by Gasteiger charge is -2.38. The molecule has 1 aromatic heterocycles. The number of rotatable bonds is 11. The van der Waals surface area contributed by atoms with Gasteiger partial charge in [-0.15, -0.1) is 0 Å². The molecular weight excluding hydrogens is 729 g/mol. The highest BCUT2D eigenvalue weighted by Crippen LogP contribution is 2.32. The average molecular weight is 776 g/mol. The number of halogens is 2. The van der Waals surface area contributed by atoms with Crippen LogP contribution in [0.5, 0.6) is 0 Å². The van der Waals surface area contributed by atoms with E-state index in [1.165, 1.54) is 12.1 Å². The fourth-order valence-corrected chi connectivity index (χ4v) is 8.40. The van der Waals surface area contributed by atoms with Gasteiger partial charge in [0.15, 0.2) is 5.82 Å². The number of hydrogen-bond donors (Lipinski definition) is 4. The molecule has 0 radical (unpaired) electrons. The van der Waals surface area contributed by atoms with Gasteiger partial charge < -0.3 is 20.3 Å². The number of ether oxygens (including phenoxy) is 1. The second-order valence-corrected chi connectivity index (χ2v) is 15.5. The lowest BCUT2D eigenvalue weighted by molar-refractivity contribution is -0.134. The maximum Gasteiger partial charge on any atom is 0.258 e. The van der Waals surface area contributed by atoms with Gasteiger partial charge in [-0.25, -0.2) is 8.78 Å². The maximum atomic E-state index is 14.0. The van der Waals surface area contributed by atoms with E-state index in [1.54, 1.807) is 0 Å². The minimum absolute atomic E-state index is 0.162. The molecule has 3 saturated heterocycles. The van der Waals surface area contributed by atoms with Gasteiger partial charge in [0.05, 0.1) is 17.0 Å². The molecule has 0 aliphatic carbocycles. The van der Waals surface area contributed by atoms with Crippen molar-refractivity contribution in [2.45, 2.75) is 69.5 Å². The Hall–Kier alpha value is -5.66. The van der Waals surface area contributed by atoms with Crippen molar-refractivity contribution in [1.29, 1.82) is 0 Å². The Morgan fingerprint density at radius 1 is 0.895 bits per heavy atom. The molecule has 4 heterocycles. The molecule has 1 atom stereocenters. The van der Waals surface area contributed by atoms with E-state index in [1.807, 2.05) is 42.5 Å². The minimum Gasteiger partial charge on any atom is -0.381 e. The Morgan fingerprint density at radius 3 is 2.46 bits per heavy atom. The van der Waals surface area contributed by atoms with Crippen molar-refractivity contribution in [2.24, 2.45) is 0 Å². The van der Waals surface area contributed by atoms with Crippen LogP contribution in [0.3, 0.4) is 0 Å². The first kappa shape index (κ1) is 38.2. The number of carbonyl (C=O) groups excluding carboxylic acids is 3. The first-order valence-electron chi connectivity index (χ1n) is 19.7. The fourth-order valence-electron chi connectivity index (χ4n) is 8.40. The molecule has 8 rings (SSSR count). The zero-order valence-electron chi connectivity index (χ0n) is 32.0. The molecule has 1 unspecified atom stereocenters. The molecule has 4 N–H and O–H groups in total. The lowest BCUT2D eigenvalue weighted by atomic mass is 9.89. The van der Waals surface area contributed by atoms with Crippen LogP contribution in [0.4, 0.5) is 26.0 Å². The number of piperidine rings is 2. The van der Waals surface area contributed by atoms with Gasteiger partial charge in [0.25, 0.3) is 5.91 Å². The summed E-state index contributed by atoms with van der Waals surface area (Å²) in [6, 6.07) is 23.7. The summed E-state index contributed by atoms with van der Waals surface area (Å²) in [5.74, 6) is -1.90. The van der Waals surface area contributed by atoms with Gasteiger partial charge >= 0.3 is 0 Å². The quantitative estimate of drug-likeness (QED) is 0.107. The first-order chi connectivity index (χ1) is 27.6. The molecule has 13 heteroatoms. The summed E-state index contributed by atoms with van der Waals surface area (Å²) in [6.07, 6.45) is 4.82. The number of amides is 3. The Labute approximate surface area is 330 Å². The van der Waals surface area contributed by atoms with E-state index >= 15 is 0 Å². The topological polar surface area (TPSA) is 132 Å². The highest BCUT2D eigenvalue weighted by atomic mass is 19.1. The summed E-state index contributed by atoms with van der Waals surface area (Å²) in [4.78, 5) is 42.9. The van der Waals surface area contributed by atoms with E-state index in [0.717, 1.165) is 85.0 Å². The Bertz CT molecular complexity index is 2260. The van der Waals surface area contributed by atoms with E-state index in [2.05, 4.69) is 61.2 Å². The number of imide groups is 1. The molecule has 3 aliphatic heterocycles. The fraction of sp³-hybridized carbons (Fsp3) is 0.364. The maximum absolute atomic E-state index is 14.0. The number of H-pyrrole nitrogens is 1. The van der Waals surface area contributed by atoms with Crippen LogP contribution in [0.1, 0.15) is 77.1 Å². The van der Waals surface area contributed by atoms with E-state index in [9.17, 15) is 23.2 Å². The van der Waals surface area contributed by atoms with E-state index < -0.39 is 11.6 Å². The summed E-state index contributed by atoms with van der Waals surface area (Å²) in [6.45, 7) is 3.79. The predicted octanol–water partition coefficient (Wildman–Crippen LogP) is 6.90. The number of nitrogens with zero attached hydrogens (tertiary/aromatic N) is 3. The summed E-state index contributed by atoms with van der Waals surface area (Å²) in [5.41, 5.74) is 6.45. The number of hydrogen-bond acceptors (Lipinski definition) is 8. The van der Waals surface area contributed by atoms with Crippen LogP contribution in [0.25, 0.3) is 10.9 Å². The zero-order chi connectivity index (χ0) is 39.5. The second kappa shape index (κ2) is 16.8. The van der Waals surface area contributed by atoms with Gasteiger partial charge in [0.1, 0.15) is 11.6 Å². The third-order valence-corrected chi connectivity index (χ3v) is 11.5. The summed E-state index contributed by atoms with van der Waals surface area (Å²) >= 11 is 0. The smallest absolute Gasteiger partial charge is 0.258 e. The molecule has 3 amide bonds. The van der Waals surface area contributed by atoms with Crippen molar-refractivity contribution in [2.75, 3.05) is 48.9 Å². The summed E-state index contributed by atoms with van der Waals surface area (Å²) < 4.78 is 33.3. The van der Waals surface area contributed by atoms with E-state index in [4.69, 9.17) is 4.74 Å². The molecule has 296 valence electrons. The SMILES string of the molecule is CN(Cc1cccc(C2CCC(=O)NC2=O)c1)C1CCN(c2ccc(C(=O)Nc3n[nH]c4ccc(Cc5cc(F)cc(F)c5)cc34)c(NC3CCOCC3)c2)CC1. The average Bonchev–Trinajstić information content (AvgIpc) is 3.59. The van der Waals surface area contributed by atoms with Crippen molar-refractivity contribution in [3.63, 3.8) is 0 Å². The molecule has 0 spiro atoms. The summed E-state index contributed by atoms with van der Waals surface area (Å²) in [7, 11) is 2.15. The predicted molar refractivity (Wildman–Crippen MR) is 215 cm³/mol. The molecule has 0 bridgehead atoms. The van der Waals surface area contributed by atoms with Gasteiger partial charge in [-0.05, 0) is 110 Å². The van der Waals surface area contributed by atoms with Gasteiger partial charge in [0, 0.05) is 74.2 Å². The monoisotopic (exact) mass is 775 g/mol. The molecule has 3 aliphatic rings. The molecular formula is C44H47F2N7O4. The highest BCUT2D eigenvalue weighted by Gasteiger charge is 2.29. The number of aromatic nitrogens is 2. The number of aromatic amines is 1. The third kappa shape index (κ3) is 9.00. The normalized spacial score (nSPS) is 18.2. The van der Waals surface area contributed by atoms with E-state index in [-0.39, 0.29) is 29.7 Å². The minimum atomic E-state index is -0.626. The largest absolute Gasteiger partial charge is 0.381 e. The third-order valence-electron chi connectivity index (χ3n) is 11.5. The van der Waals surface area contributed by atoms with Gasteiger partial charge in [-0.1, -0.05) is 30.3 Å². The Kier molecular flexibility index (Phi) is 11.3. The molecule has 3 fully saturated rings. The first-order valence-corrected chi connectivity index (χ1v) is 19.7. The van der Waals surface area contributed by atoms with Crippen LogP contribution in [0.15, 0.2) is 78.9 Å². The molecule has 4 aromatic carbocycles. The van der Waals surface area contributed by atoms with Crippen LogP contribution < -0.4 is 20.9 Å². The van der Waals surface area contributed by atoms with Crippen molar-refractivity contribution >= 4 is 45.8 Å². The van der Waals surface area contributed by atoms with Gasteiger partial charge in [-0.2, -0.15) is 5.10 Å². The lowest BCUT2D eigenvalue weighted by Crippen LogP contribution is -2.43. The van der Waals surface area contributed by atoms with Crippen LogP contribution >= 0.6 is 0 Å². The molecule has 11 nitrogen and oxygen atoms in total. The van der Waals surface area contributed by atoms with Crippen molar-refractivity contribution in [1.82, 2.24) is 20.4 Å². The molecule has 5 aromatic rings. The van der Waals surface area contributed by atoms with E-state index in [0.29, 0.717) is 60.8 Å². The van der Waals surface area contributed by atoms with Crippen LogP contribution in [-0.4, -0.2) is 78.3 Å². The Morgan fingerprint density at radius 2 is 1.68 bits per heavy atom. The van der Waals surface area contributed by atoms with Crippen LogP contribution in [0.2, 0.25) is 0 Å². The number of benzene rings is 4. The Balaban J connectivity index is 0.944. The number of carbonyl (C=O) groups is 3. The molecule has 57 heavy (non-hydrogen) atoms. The second-order valence-electron chi connectivity index (χ2n) is 15.5. The number of anilines is 3.